The molecule has 3 heteroatoms. The third-order valence-electron chi connectivity index (χ3n) is 2.41. The molecule has 1 fully saturated rings. The van der Waals surface area contributed by atoms with Crippen LogP contribution in [0.4, 0.5) is 8.78 Å². The topological polar surface area (TPSA) is 12.0 Å². The normalized spacial score (nSPS) is 22.2. The van der Waals surface area contributed by atoms with E-state index >= 15 is 0 Å². The first-order valence-electron chi connectivity index (χ1n) is 4.46. The fourth-order valence-corrected chi connectivity index (χ4v) is 1.77. The van der Waals surface area contributed by atoms with Gasteiger partial charge in [-0.2, -0.15) is 0 Å². The third-order valence-corrected chi connectivity index (χ3v) is 2.41. The Kier molecular flexibility index (Phi) is 2.27. The molecule has 1 aliphatic rings. The summed E-state index contributed by atoms with van der Waals surface area (Å²) in [6.07, 6.45) is 1.80. The average Bonchev–Trinajstić information content (AvgIpc) is 2.57. The summed E-state index contributed by atoms with van der Waals surface area (Å²) in [7, 11) is 0. The number of nitrogens with one attached hydrogen (secondary N) is 1. The van der Waals surface area contributed by atoms with Crippen molar-refractivity contribution >= 4 is 0 Å². The molecule has 2 rings (SSSR count). The van der Waals surface area contributed by atoms with Gasteiger partial charge in [-0.3, -0.25) is 0 Å². The summed E-state index contributed by atoms with van der Waals surface area (Å²) in [5.74, 6) is -0.890. The predicted octanol–water partition coefficient (Wildman–Crippen LogP) is 2.39. The molecular formula is C10H11F2N. The SMILES string of the molecule is Fc1cccc(F)c1C1CCCN1. The number of benzene rings is 1. The highest BCUT2D eigenvalue weighted by molar-refractivity contribution is 5.23. The van der Waals surface area contributed by atoms with E-state index in [2.05, 4.69) is 5.32 Å². The molecule has 1 heterocycles. The Morgan fingerprint density at radius 1 is 1.23 bits per heavy atom. The van der Waals surface area contributed by atoms with Gasteiger partial charge in [-0.15, -0.1) is 0 Å². The fourth-order valence-electron chi connectivity index (χ4n) is 1.77. The van der Waals surface area contributed by atoms with Crippen molar-refractivity contribution in [1.82, 2.24) is 5.32 Å². The highest BCUT2D eigenvalue weighted by Crippen LogP contribution is 2.27. The van der Waals surface area contributed by atoms with E-state index in [-0.39, 0.29) is 11.6 Å². The van der Waals surface area contributed by atoms with Gasteiger partial charge in [-0.1, -0.05) is 6.07 Å². The lowest BCUT2D eigenvalue weighted by Gasteiger charge is -2.12. The van der Waals surface area contributed by atoms with Gasteiger partial charge in [-0.25, -0.2) is 8.78 Å². The molecular weight excluding hydrogens is 172 g/mol. The summed E-state index contributed by atoms with van der Waals surface area (Å²) in [4.78, 5) is 0. The monoisotopic (exact) mass is 183 g/mol. The van der Waals surface area contributed by atoms with Crippen LogP contribution in [0.2, 0.25) is 0 Å². The molecule has 0 bridgehead atoms. The smallest absolute Gasteiger partial charge is 0.130 e. The maximum absolute atomic E-state index is 13.2. The first-order chi connectivity index (χ1) is 6.29. The van der Waals surface area contributed by atoms with Crippen LogP contribution >= 0.6 is 0 Å². The van der Waals surface area contributed by atoms with Crippen LogP contribution < -0.4 is 5.32 Å². The Morgan fingerprint density at radius 3 is 2.46 bits per heavy atom. The zero-order valence-electron chi connectivity index (χ0n) is 7.19. The molecule has 1 unspecified atom stereocenters. The van der Waals surface area contributed by atoms with Crippen molar-refractivity contribution < 1.29 is 8.78 Å². The Morgan fingerprint density at radius 2 is 1.92 bits per heavy atom. The van der Waals surface area contributed by atoms with Gasteiger partial charge in [0, 0.05) is 11.6 Å². The summed E-state index contributed by atoms with van der Waals surface area (Å²) < 4.78 is 26.4. The minimum absolute atomic E-state index is 0.138. The summed E-state index contributed by atoms with van der Waals surface area (Å²) in [6.45, 7) is 0.846. The zero-order chi connectivity index (χ0) is 9.26. The molecule has 1 aromatic carbocycles. The quantitative estimate of drug-likeness (QED) is 0.704. The fraction of sp³-hybridized carbons (Fsp3) is 0.400. The number of hydrogen-bond donors (Lipinski definition) is 1. The van der Waals surface area contributed by atoms with E-state index in [9.17, 15) is 8.78 Å². The average molecular weight is 183 g/mol. The van der Waals surface area contributed by atoms with Gasteiger partial charge in [0.25, 0.3) is 0 Å². The highest BCUT2D eigenvalue weighted by atomic mass is 19.1. The maximum atomic E-state index is 13.2. The first kappa shape index (κ1) is 8.63. The van der Waals surface area contributed by atoms with Crippen molar-refractivity contribution in [2.24, 2.45) is 0 Å². The molecule has 1 N–H and O–H groups in total. The largest absolute Gasteiger partial charge is 0.310 e. The molecule has 1 aromatic rings. The van der Waals surface area contributed by atoms with Crippen molar-refractivity contribution in [2.45, 2.75) is 18.9 Å². The van der Waals surface area contributed by atoms with Gasteiger partial charge in [-0.05, 0) is 31.5 Å². The van der Waals surface area contributed by atoms with Crippen molar-refractivity contribution in [2.75, 3.05) is 6.54 Å². The van der Waals surface area contributed by atoms with Crippen LogP contribution in [0, 0.1) is 11.6 Å². The predicted molar refractivity (Wildman–Crippen MR) is 46.3 cm³/mol. The second-order valence-electron chi connectivity index (χ2n) is 3.28. The third kappa shape index (κ3) is 1.56. The van der Waals surface area contributed by atoms with Crippen LogP contribution in [-0.2, 0) is 0 Å². The summed E-state index contributed by atoms with van der Waals surface area (Å²) in [5, 5.41) is 3.07. The minimum Gasteiger partial charge on any atom is -0.310 e. The number of hydrogen-bond acceptors (Lipinski definition) is 1. The first-order valence-corrected chi connectivity index (χ1v) is 4.46. The number of rotatable bonds is 1. The van der Waals surface area contributed by atoms with Gasteiger partial charge >= 0.3 is 0 Å². The second kappa shape index (κ2) is 3.42. The molecule has 0 amide bonds. The maximum Gasteiger partial charge on any atom is 0.130 e. The van der Waals surface area contributed by atoms with Crippen LogP contribution in [0.5, 0.6) is 0 Å². The molecule has 1 aliphatic heterocycles. The Hall–Kier alpha value is -0.960. The molecule has 1 atom stereocenters. The van der Waals surface area contributed by atoms with E-state index in [1.807, 2.05) is 0 Å². The van der Waals surface area contributed by atoms with Crippen LogP contribution in [0.3, 0.4) is 0 Å². The Bertz CT molecular complexity index is 286. The lowest BCUT2D eigenvalue weighted by Crippen LogP contribution is -2.15. The molecule has 70 valence electrons. The summed E-state index contributed by atoms with van der Waals surface area (Å²) in [5.41, 5.74) is 0.194. The van der Waals surface area contributed by atoms with Crippen LogP contribution in [0.15, 0.2) is 18.2 Å². The van der Waals surface area contributed by atoms with Gasteiger partial charge in [0.1, 0.15) is 11.6 Å². The molecule has 0 aromatic heterocycles. The molecule has 1 nitrogen and oxygen atoms in total. The van der Waals surface area contributed by atoms with Gasteiger partial charge in [0.15, 0.2) is 0 Å². The highest BCUT2D eigenvalue weighted by Gasteiger charge is 2.22. The minimum atomic E-state index is -0.445. The van der Waals surface area contributed by atoms with Gasteiger partial charge in [0.05, 0.1) is 0 Å². The van der Waals surface area contributed by atoms with Crippen molar-refractivity contribution in [1.29, 1.82) is 0 Å². The molecule has 0 saturated carbocycles. The van der Waals surface area contributed by atoms with E-state index in [1.165, 1.54) is 18.2 Å². The van der Waals surface area contributed by atoms with Crippen LogP contribution in [0.25, 0.3) is 0 Å². The molecule has 0 radical (unpaired) electrons. The van der Waals surface area contributed by atoms with Gasteiger partial charge < -0.3 is 5.32 Å². The lowest BCUT2D eigenvalue weighted by atomic mass is 10.0. The molecule has 1 saturated heterocycles. The van der Waals surface area contributed by atoms with Crippen molar-refractivity contribution in [3.05, 3.63) is 35.4 Å². The Balaban J connectivity index is 2.37. The number of halogens is 2. The summed E-state index contributed by atoms with van der Waals surface area (Å²) >= 11 is 0. The van der Waals surface area contributed by atoms with Crippen LogP contribution in [0.1, 0.15) is 24.4 Å². The van der Waals surface area contributed by atoms with Crippen molar-refractivity contribution in [3.63, 3.8) is 0 Å². The zero-order valence-corrected chi connectivity index (χ0v) is 7.19. The summed E-state index contributed by atoms with van der Waals surface area (Å²) in [6, 6.07) is 3.86. The van der Waals surface area contributed by atoms with Crippen LogP contribution in [-0.4, -0.2) is 6.54 Å². The second-order valence-corrected chi connectivity index (χ2v) is 3.28. The molecule has 0 spiro atoms. The molecule has 0 aliphatic carbocycles. The Labute approximate surface area is 75.8 Å². The van der Waals surface area contributed by atoms with E-state index in [4.69, 9.17) is 0 Å². The van der Waals surface area contributed by atoms with E-state index in [0.29, 0.717) is 0 Å². The van der Waals surface area contributed by atoms with E-state index < -0.39 is 11.6 Å². The van der Waals surface area contributed by atoms with Gasteiger partial charge in [0.2, 0.25) is 0 Å². The van der Waals surface area contributed by atoms with E-state index in [1.54, 1.807) is 0 Å². The van der Waals surface area contributed by atoms with Crippen molar-refractivity contribution in [3.8, 4) is 0 Å². The van der Waals surface area contributed by atoms with E-state index in [0.717, 1.165) is 19.4 Å². The standard InChI is InChI=1S/C10H11F2N/c11-7-3-1-4-8(12)10(7)9-5-2-6-13-9/h1,3-4,9,13H,2,5-6H2. The lowest BCUT2D eigenvalue weighted by molar-refractivity contribution is 0.507. The molecule has 13 heavy (non-hydrogen) atoms.